The number of hydrogen-bond donors (Lipinski definition) is 0. The first-order valence-electron chi connectivity index (χ1n) is 13.6. The van der Waals surface area contributed by atoms with Crippen molar-refractivity contribution in [3.8, 4) is 23.0 Å². The zero-order chi connectivity index (χ0) is 25.7. The molecule has 1 saturated carbocycles. The van der Waals surface area contributed by atoms with E-state index in [0.717, 1.165) is 42.9 Å². The van der Waals surface area contributed by atoms with Gasteiger partial charge in [-0.2, -0.15) is 0 Å². The van der Waals surface area contributed by atoms with Crippen LogP contribution < -0.4 is 18.9 Å². The monoisotopic (exact) mass is 507 g/mol. The molecule has 1 aliphatic carbocycles. The molecule has 6 rings (SSSR count). The molecule has 37 heavy (non-hydrogen) atoms. The van der Waals surface area contributed by atoms with E-state index >= 15 is 0 Å². The Morgan fingerprint density at radius 3 is 2.62 bits per heavy atom. The lowest BCUT2D eigenvalue weighted by Gasteiger charge is -2.37. The minimum Gasteiger partial charge on any atom is -0.458 e. The minimum absolute atomic E-state index is 0.0832. The van der Waals surface area contributed by atoms with Gasteiger partial charge in [0.25, 0.3) is 0 Å². The van der Waals surface area contributed by atoms with Gasteiger partial charge in [0.2, 0.25) is 13.6 Å². The molecule has 0 bridgehead atoms. The van der Waals surface area contributed by atoms with Crippen molar-refractivity contribution in [1.29, 1.82) is 0 Å². The van der Waals surface area contributed by atoms with Crippen molar-refractivity contribution in [2.75, 3.05) is 27.2 Å². The molecule has 1 fully saturated rings. The lowest BCUT2D eigenvalue weighted by atomic mass is 9.75. The van der Waals surface area contributed by atoms with Crippen LogP contribution in [-0.4, -0.2) is 44.2 Å². The summed E-state index contributed by atoms with van der Waals surface area (Å²) in [5.74, 6) is 3.81. The van der Waals surface area contributed by atoms with E-state index in [9.17, 15) is 4.79 Å². The predicted molar refractivity (Wildman–Crippen MR) is 138 cm³/mol. The molecular weight excluding hydrogens is 470 g/mol. The SMILES string of the molecule is CC(C)[C@@H]1CC[C@@H](C)C[C@H]1OC(=O)c1c(C[C@H]2c3cc4c(cc3CCN2C)OCO4)ccc2c1OCO2. The van der Waals surface area contributed by atoms with E-state index in [4.69, 9.17) is 23.7 Å². The first-order valence-corrected chi connectivity index (χ1v) is 13.6. The zero-order valence-corrected chi connectivity index (χ0v) is 22.2. The fourth-order valence-electron chi connectivity index (χ4n) is 6.54. The molecule has 2 aromatic carbocycles. The number of ether oxygens (including phenoxy) is 5. The van der Waals surface area contributed by atoms with E-state index in [-0.39, 0.29) is 31.7 Å². The highest BCUT2D eigenvalue weighted by atomic mass is 16.7. The summed E-state index contributed by atoms with van der Waals surface area (Å²) in [7, 11) is 2.14. The second-order valence-corrected chi connectivity index (χ2v) is 11.5. The molecule has 0 unspecified atom stereocenters. The molecule has 3 heterocycles. The minimum atomic E-state index is -0.300. The highest BCUT2D eigenvalue weighted by molar-refractivity contribution is 5.95. The molecule has 0 spiro atoms. The van der Waals surface area contributed by atoms with E-state index in [1.54, 1.807) is 0 Å². The summed E-state index contributed by atoms with van der Waals surface area (Å²) >= 11 is 0. The van der Waals surface area contributed by atoms with Gasteiger partial charge in [-0.1, -0.05) is 33.3 Å². The number of carbonyl (C=O) groups is 1. The molecule has 7 heteroatoms. The number of likely N-dealkylation sites (N-methyl/N-ethyl adjacent to an activating group) is 1. The molecule has 2 aromatic rings. The Balaban J connectivity index is 1.33. The van der Waals surface area contributed by atoms with Gasteiger partial charge in [0.1, 0.15) is 11.7 Å². The smallest absolute Gasteiger partial charge is 0.342 e. The highest BCUT2D eigenvalue weighted by Crippen LogP contribution is 2.44. The van der Waals surface area contributed by atoms with Gasteiger partial charge < -0.3 is 23.7 Å². The molecule has 4 aliphatic rings. The van der Waals surface area contributed by atoms with Crippen LogP contribution in [0, 0.1) is 17.8 Å². The van der Waals surface area contributed by atoms with Crippen molar-refractivity contribution in [2.24, 2.45) is 17.8 Å². The Bertz CT molecular complexity index is 1190. The zero-order valence-electron chi connectivity index (χ0n) is 22.2. The van der Waals surface area contributed by atoms with Crippen LogP contribution in [0.4, 0.5) is 0 Å². The van der Waals surface area contributed by atoms with Crippen molar-refractivity contribution < 1.29 is 28.5 Å². The van der Waals surface area contributed by atoms with Gasteiger partial charge in [-0.25, -0.2) is 4.79 Å². The number of carbonyl (C=O) groups excluding carboxylic acids is 1. The second-order valence-electron chi connectivity index (χ2n) is 11.5. The Labute approximate surface area is 219 Å². The maximum absolute atomic E-state index is 13.9. The van der Waals surface area contributed by atoms with Gasteiger partial charge in [0.05, 0.1) is 0 Å². The van der Waals surface area contributed by atoms with E-state index in [0.29, 0.717) is 41.2 Å². The Kier molecular flexibility index (Phi) is 6.43. The number of fused-ring (bicyclic) bond motifs is 3. The van der Waals surface area contributed by atoms with E-state index in [2.05, 4.69) is 44.9 Å². The van der Waals surface area contributed by atoms with Gasteiger partial charge in [-0.15, -0.1) is 0 Å². The van der Waals surface area contributed by atoms with E-state index in [1.807, 2.05) is 12.1 Å². The van der Waals surface area contributed by atoms with Crippen LogP contribution in [0.5, 0.6) is 23.0 Å². The Morgan fingerprint density at radius 1 is 1.05 bits per heavy atom. The van der Waals surface area contributed by atoms with Crippen molar-refractivity contribution in [2.45, 2.75) is 65.0 Å². The van der Waals surface area contributed by atoms with Gasteiger partial charge in [-0.05, 0) is 85.4 Å². The standard InChI is InChI=1S/C30H37NO6/c1-17(2)21-7-5-18(3)11-25(21)37-30(32)28-20(6-8-24-29(28)36-16-33-24)12-23-22-14-27-26(34-15-35-27)13-19(22)9-10-31(23)4/h6,8,13-14,17-18,21,23,25H,5,7,9-12,15-16H2,1-4H3/t18-,21+,23+,25-/m1/s1. The third kappa shape index (κ3) is 4.52. The molecule has 0 radical (unpaired) electrons. The molecule has 3 aliphatic heterocycles. The fraction of sp³-hybridized carbons (Fsp3) is 0.567. The van der Waals surface area contributed by atoms with Crippen LogP contribution in [0.1, 0.15) is 73.1 Å². The van der Waals surface area contributed by atoms with E-state index in [1.165, 1.54) is 17.5 Å². The van der Waals surface area contributed by atoms with Crippen LogP contribution in [0.15, 0.2) is 24.3 Å². The van der Waals surface area contributed by atoms with Gasteiger partial charge >= 0.3 is 5.97 Å². The summed E-state index contributed by atoms with van der Waals surface area (Å²) in [6.45, 7) is 8.01. The quantitative estimate of drug-likeness (QED) is 0.493. The third-order valence-electron chi connectivity index (χ3n) is 8.72. The number of esters is 1. The van der Waals surface area contributed by atoms with Crippen LogP contribution >= 0.6 is 0 Å². The van der Waals surface area contributed by atoms with Crippen LogP contribution in [0.25, 0.3) is 0 Å². The van der Waals surface area contributed by atoms with Crippen molar-refractivity contribution in [1.82, 2.24) is 4.90 Å². The topological polar surface area (TPSA) is 66.5 Å². The first-order chi connectivity index (χ1) is 17.9. The molecule has 4 atom stereocenters. The van der Waals surface area contributed by atoms with Crippen molar-refractivity contribution in [3.05, 3.63) is 46.5 Å². The maximum Gasteiger partial charge on any atom is 0.342 e. The third-order valence-corrected chi connectivity index (χ3v) is 8.72. The lowest BCUT2D eigenvalue weighted by Crippen LogP contribution is -2.36. The van der Waals surface area contributed by atoms with Crippen molar-refractivity contribution >= 4 is 5.97 Å². The summed E-state index contributed by atoms with van der Waals surface area (Å²) in [6.07, 6.45) is 4.70. The average Bonchev–Trinajstić information content (AvgIpc) is 3.53. The molecular formula is C30H37NO6. The Hall–Kier alpha value is -2.93. The normalized spacial score (nSPS) is 26.3. The number of rotatable bonds is 5. The predicted octanol–water partition coefficient (Wildman–Crippen LogP) is 5.53. The molecule has 0 N–H and O–H groups in total. The Morgan fingerprint density at radius 2 is 1.81 bits per heavy atom. The summed E-state index contributed by atoms with van der Waals surface area (Å²) in [5.41, 5.74) is 3.92. The summed E-state index contributed by atoms with van der Waals surface area (Å²) in [5, 5.41) is 0. The summed E-state index contributed by atoms with van der Waals surface area (Å²) in [4.78, 5) is 16.2. The number of nitrogens with zero attached hydrogens (tertiary/aromatic N) is 1. The molecule has 0 saturated heterocycles. The maximum atomic E-state index is 13.9. The summed E-state index contributed by atoms with van der Waals surface area (Å²) < 4.78 is 29.1. The largest absolute Gasteiger partial charge is 0.458 e. The average molecular weight is 508 g/mol. The molecule has 198 valence electrons. The van der Waals surface area contributed by atoms with Gasteiger partial charge in [0.15, 0.2) is 23.0 Å². The highest BCUT2D eigenvalue weighted by Gasteiger charge is 2.37. The van der Waals surface area contributed by atoms with Crippen LogP contribution in [0.2, 0.25) is 0 Å². The molecule has 0 aromatic heterocycles. The molecule has 7 nitrogen and oxygen atoms in total. The van der Waals surface area contributed by atoms with Crippen LogP contribution in [0.3, 0.4) is 0 Å². The van der Waals surface area contributed by atoms with E-state index < -0.39 is 0 Å². The van der Waals surface area contributed by atoms with Gasteiger partial charge in [-0.3, -0.25) is 4.90 Å². The number of hydrogen-bond acceptors (Lipinski definition) is 7. The second kappa shape index (κ2) is 9.75. The first kappa shape index (κ1) is 24.4. The lowest BCUT2D eigenvalue weighted by molar-refractivity contribution is -0.0177. The van der Waals surface area contributed by atoms with Gasteiger partial charge in [0, 0.05) is 12.6 Å². The molecule has 0 amide bonds. The number of benzene rings is 2. The van der Waals surface area contributed by atoms with Crippen molar-refractivity contribution in [3.63, 3.8) is 0 Å². The van der Waals surface area contributed by atoms with Crippen LogP contribution in [-0.2, 0) is 17.6 Å². The fourth-order valence-corrected chi connectivity index (χ4v) is 6.54. The summed E-state index contributed by atoms with van der Waals surface area (Å²) in [6, 6.07) is 8.23.